The van der Waals surface area contributed by atoms with Gasteiger partial charge in [-0.15, -0.1) is 0 Å². The zero-order valence-corrected chi connectivity index (χ0v) is 19.3. The highest BCUT2D eigenvalue weighted by Gasteiger charge is 2.14. The number of aryl methyl sites for hydroxylation is 1. The summed E-state index contributed by atoms with van der Waals surface area (Å²) in [4.78, 5) is 27.5. The number of para-hydroxylation sites is 2. The topological polar surface area (TPSA) is 68.4 Å². The molecule has 168 valence electrons. The maximum absolute atomic E-state index is 13.8. The van der Waals surface area contributed by atoms with Crippen LogP contribution in [0.4, 0.5) is 5.69 Å². The Morgan fingerprint density at radius 3 is 2.21 bits per heavy atom. The summed E-state index contributed by atoms with van der Waals surface area (Å²) in [5, 5.41) is 4.58. The second-order valence-corrected chi connectivity index (χ2v) is 8.62. The molecule has 0 atom stereocenters. The molecule has 0 saturated heterocycles. The molecular weight excluding hydrogens is 436 g/mol. The van der Waals surface area contributed by atoms with Crippen LogP contribution in [0.3, 0.4) is 0 Å². The fourth-order valence-electron chi connectivity index (χ4n) is 3.62. The van der Waals surface area contributed by atoms with E-state index in [0.717, 1.165) is 6.42 Å². The van der Waals surface area contributed by atoms with Gasteiger partial charge in [-0.2, -0.15) is 5.10 Å². The first kappa shape index (κ1) is 22.6. The molecule has 0 radical (unpaired) electrons. The Kier molecular flexibility index (Phi) is 6.75. The maximum Gasteiger partial charge on any atom is 0.289 e. The molecule has 0 amide bonds. The van der Waals surface area contributed by atoms with Gasteiger partial charge in [-0.25, -0.2) is 0 Å². The number of halogens is 1. The quantitative estimate of drug-likeness (QED) is 0.421. The molecule has 7 heteroatoms. The lowest BCUT2D eigenvalue weighted by atomic mass is 10.1. The Bertz CT molecular complexity index is 1460. The van der Waals surface area contributed by atoms with Gasteiger partial charge in [-0.3, -0.25) is 19.6 Å². The first-order chi connectivity index (χ1) is 16.0. The number of benzene rings is 3. The van der Waals surface area contributed by atoms with E-state index in [1.165, 1.54) is 4.57 Å². The molecule has 0 bridgehead atoms. The van der Waals surface area contributed by atoms with E-state index in [-0.39, 0.29) is 5.36 Å². The van der Waals surface area contributed by atoms with Crippen LogP contribution in [0.25, 0.3) is 16.7 Å². The van der Waals surface area contributed by atoms with Gasteiger partial charge in [0, 0.05) is 17.3 Å². The fraction of sp³-hybridized carbons (Fsp3) is 0.192. The Balaban J connectivity index is 2.13. The molecule has 1 aromatic heterocycles. The first-order valence-corrected chi connectivity index (χ1v) is 11.2. The van der Waals surface area contributed by atoms with E-state index in [0.29, 0.717) is 39.9 Å². The normalized spacial score (nSPS) is 11.8. The smallest absolute Gasteiger partial charge is 0.289 e. The van der Waals surface area contributed by atoms with Gasteiger partial charge in [-0.1, -0.05) is 61.8 Å². The standard InChI is InChI=1S/C26H25ClN4O2/c1-18(2)15-16-30-23-17-19(27)13-14-22(23)31(21-11-7-4-8-12-21)26(33)24(25(30)32)29-28-20-9-5-3-6-10-20/h3-14,17-18,28H,15-16H2,1-2H3. The van der Waals surface area contributed by atoms with E-state index in [4.69, 9.17) is 11.6 Å². The minimum atomic E-state index is -0.509. The molecule has 1 N–H and O–H groups in total. The summed E-state index contributed by atoms with van der Waals surface area (Å²) in [7, 11) is 0. The Hall–Kier alpha value is -3.64. The van der Waals surface area contributed by atoms with Crippen molar-refractivity contribution in [3.63, 3.8) is 0 Å². The van der Waals surface area contributed by atoms with Gasteiger partial charge in [0.25, 0.3) is 11.1 Å². The third kappa shape index (κ3) is 4.91. The number of nitrogens with zero attached hydrogens (tertiary/aromatic N) is 3. The number of aromatic nitrogens is 2. The van der Waals surface area contributed by atoms with E-state index in [1.807, 2.05) is 60.7 Å². The van der Waals surface area contributed by atoms with Crippen LogP contribution >= 0.6 is 11.6 Å². The SMILES string of the molecule is CC(C)CCn1c(=O)c(=NNc2ccccc2)c(=O)n(-c2ccccc2)c2ccc(Cl)cc21. The van der Waals surface area contributed by atoms with Gasteiger partial charge in [-0.05, 0) is 54.8 Å². The average Bonchev–Trinajstić information content (AvgIpc) is 2.89. The van der Waals surface area contributed by atoms with Crippen molar-refractivity contribution in [2.45, 2.75) is 26.8 Å². The number of anilines is 1. The van der Waals surface area contributed by atoms with Crippen LogP contribution in [0.1, 0.15) is 20.3 Å². The van der Waals surface area contributed by atoms with E-state index in [9.17, 15) is 9.59 Å². The highest BCUT2D eigenvalue weighted by molar-refractivity contribution is 6.31. The van der Waals surface area contributed by atoms with E-state index in [2.05, 4.69) is 24.4 Å². The summed E-state index contributed by atoms with van der Waals surface area (Å²) in [5.41, 5.74) is 4.36. The zero-order valence-electron chi connectivity index (χ0n) is 18.5. The molecule has 3 aromatic carbocycles. The summed E-state index contributed by atoms with van der Waals surface area (Å²) < 4.78 is 3.12. The molecule has 33 heavy (non-hydrogen) atoms. The van der Waals surface area contributed by atoms with Crippen molar-refractivity contribution in [1.29, 1.82) is 0 Å². The van der Waals surface area contributed by atoms with Crippen LogP contribution in [0.5, 0.6) is 0 Å². The van der Waals surface area contributed by atoms with Crippen LogP contribution in [0.2, 0.25) is 5.02 Å². The molecule has 6 nitrogen and oxygen atoms in total. The lowest BCUT2D eigenvalue weighted by molar-refractivity contribution is 0.516. The minimum Gasteiger partial charge on any atom is -0.305 e. The zero-order chi connectivity index (χ0) is 23.4. The first-order valence-electron chi connectivity index (χ1n) is 10.9. The average molecular weight is 461 g/mol. The molecule has 0 aliphatic heterocycles. The predicted molar refractivity (Wildman–Crippen MR) is 134 cm³/mol. The van der Waals surface area contributed by atoms with Crippen LogP contribution in [-0.2, 0) is 6.54 Å². The van der Waals surface area contributed by atoms with Gasteiger partial charge in [0.2, 0.25) is 5.36 Å². The van der Waals surface area contributed by atoms with Crippen LogP contribution < -0.4 is 21.9 Å². The van der Waals surface area contributed by atoms with Gasteiger partial charge in [0.15, 0.2) is 0 Å². The number of hydrogen-bond donors (Lipinski definition) is 1. The molecule has 0 aliphatic rings. The molecule has 0 aliphatic carbocycles. The molecule has 1 heterocycles. The summed E-state index contributed by atoms with van der Waals surface area (Å²) in [6.07, 6.45) is 0.761. The third-order valence-corrected chi connectivity index (χ3v) is 5.57. The maximum atomic E-state index is 13.8. The van der Waals surface area contributed by atoms with Crippen LogP contribution in [0.15, 0.2) is 93.6 Å². The number of fused-ring (bicyclic) bond motifs is 1. The van der Waals surface area contributed by atoms with Crippen molar-refractivity contribution >= 4 is 28.3 Å². The van der Waals surface area contributed by atoms with Crippen LogP contribution in [0, 0.1) is 5.92 Å². The molecule has 0 fully saturated rings. The Morgan fingerprint density at radius 2 is 1.55 bits per heavy atom. The van der Waals surface area contributed by atoms with Gasteiger partial charge >= 0.3 is 0 Å². The van der Waals surface area contributed by atoms with Crippen molar-refractivity contribution in [3.8, 4) is 5.69 Å². The highest BCUT2D eigenvalue weighted by Crippen LogP contribution is 2.20. The Morgan fingerprint density at radius 1 is 0.879 bits per heavy atom. The van der Waals surface area contributed by atoms with E-state index in [1.54, 1.807) is 22.8 Å². The minimum absolute atomic E-state index is 0.196. The molecule has 4 aromatic rings. The molecule has 0 spiro atoms. The summed E-state index contributed by atoms with van der Waals surface area (Å²) in [5.74, 6) is 0.368. The van der Waals surface area contributed by atoms with Gasteiger partial charge in [0.1, 0.15) is 0 Å². The van der Waals surface area contributed by atoms with Gasteiger partial charge in [0.05, 0.1) is 16.7 Å². The number of nitrogens with one attached hydrogen (secondary N) is 1. The summed E-state index contributed by atoms with van der Waals surface area (Å²) >= 11 is 6.33. The van der Waals surface area contributed by atoms with Crippen molar-refractivity contribution in [1.82, 2.24) is 9.13 Å². The Labute approximate surface area is 196 Å². The highest BCUT2D eigenvalue weighted by atomic mass is 35.5. The van der Waals surface area contributed by atoms with Crippen molar-refractivity contribution in [2.24, 2.45) is 11.0 Å². The molecular formula is C26H25ClN4O2. The third-order valence-electron chi connectivity index (χ3n) is 5.34. The number of rotatable bonds is 6. The second kappa shape index (κ2) is 9.88. The summed E-state index contributed by atoms with van der Waals surface area (Å²) in [6.45, 7) is 4.62. The summed E-state index contributed by atoms with van der Waals surface area (Å²) in [6, 6.07) is 23.7. The molecule has 0 unspecified atom stereocenters. The largest absolute Gasteiger partial charge is 0.305 e. The van der Waals surface area contributed by atoms with E-state index >= 15 is 0 Å². The van der Waals surface area contributed by atoms with E-state index < -0.39 is 11.1 Å². The van der Waals surface area contributed by atoms with Crippen LogP contribution in [-0.4, -0.2) is 9.13 Å². The predicted octanol–water partition coefficient (Wildman–Crippen LogP) is 4.78. The van der Waals surface area contributed by atoms with Crippen molar-refractivity contribution < 1.29 is 0 Å². The van der Waals surface area contributed by atoms with Crippen molar-refractivity contribution in [3.05, 3.63) is 110 Å². The monoisotopic (exact) mass is 460 g/mol. The molecule has 0 saturated carbocycles. The lowest BCUT2D eigenvalue weighted by Crippen LogP contribution is -2.45. The second-order valence-electron chi connectivity index (χ2n) is 8.19. The fourth-order valence-corrected chi connectivity index (χ4v) is 3.78. The van der Waals surface area contributed by atoms with Gasteiger partial charge < -0.3 is 4.57 Å². The number of hydrogen-bond acceptors (Lipinski definition) is 4. The lowest BCUT2D eigenvalue weighted by Gasteiger charge is -2.11. The molecule has 4 rings (SSSR count). The van der Waals surface area contributed by atoms with Crippen molar-refractivity contribution in [2.75, 3.05) is 5.43 Å².